The average molecular weight is 370 g/mol. The number of nitrogens with zero attached hydrogens (tertiary/aromatic N) is 3. The summed E-state index contributed by atoms with van der Waals surface area (Å²) in [5.41, 5.74) is 3.37. The molecule has 0 saturated carbocycles. The van der Waals surface area contributed by atoms with Crippen molar-refractivity contribution >= 4 is 17.3 Å². The van der Waals surface area contributed by atoms with Gasteiger partial charge in [0.1, 0.15) is 11.8 Å². The first-order chi connectivity index (χ1) is 13.6. The second-order valence-electron chi connectivity index (χ2n) is 6.72. The highest BCUT2D eigenvalue weighted by Gasteiger charge is 2.14. The van der Waals surface area contributed by atoms with Gasteiger partial charge in [0, 0.05) is 12.6 Å². The Labute approximate surface area is 165 Å². The number of rotatable bonds is 6. The van der Waals surface area contributed by atoms with Crippen molar-refractivity contribution in [3.8, 4) is 6.07 Å². The molecule has 0 aliphatic carbocycles. The van der Waals surface area contributed by atoms with E-state index in [-0.39, 0.29) is 11.9 Å². The predicted molar refractivity (Wildman–Crippen MR) is 111 cm³/mol. The zero-order valence-corrected chi connectivity index (χ0v) is 16.0. The van der Waals surface area contributed by atoms with E-state index in [0.717, 1.165) is 12.2 Å². The molecule has 0 radical (unpaired) electrons. The number of para-hydroxylation sites is 1. The smallest absolute Gasteiger partial charge is 0.274 e. The summed E-state index contributed by atoms with van der Waals surface area (Å²) < 4.78 is 0. The lowest BCUT2D eigenvalue weighted by Gasteiger charge is -2.29. The van der Waals surface area contributed by atoms with Crippen LogP contribution in [0.3, 0.4) is 0 Å². The van der Waals surface area contributed by atoms with E-state index in [1.807, 2.05) is 24.3 Å². The zero-order valence-electron chi connectivity index (χ0n) is 16.0. The van der Waals surface area contributed by atoms with Crippen LogP contribution < -0.4 is 10.2 Å². The number of hydrogen-bond acceptors (Lipinski definition) is 4. The van der Waals surface area contributed by atoms with Gasteiger partial charge in [-0.2, -0.15) is 5.26 Å². The van der Waals surface area contributed by atoms with Gasteiger partial charge >= 0.3 is 0 Å². The number of nitriles is 1. The van der Waals surface area contributed by atoms with Gasteiger partial charge in [-0.15, -0.1) is 0 Å². The minimum absolute atomic E-state index is 0.282. The Morgan fingerprint density at radius 1 is 1.07 bits per heavy atom. The fourth-order valence-corrected chi connectivity index (χ4v) is 2.92. The third kappa shape index (κ3) is 4.54. The van der Waals surface area contributed by atoms with Gasteiger partial charge in [-0.1, -0.05) is 42.5 Å². The summed E-state index contributed by atoms with van der Waals surface area (Å²) in [6.07, 6.45) is 1.72. The Hall–Kier alpha value is -3.65. The van der Waals surface area contributed by atoms with Crippen molar-refractivity contribution < 1.29 is 4.79 Å². The first kappa shape index (κ1) is 19.1. The zero-order chi connectivity index (χ0) is 19.9. The summed E-state index contributed by atoms with van der Waals surface area (Å²) in [5, 5.41) is 11.9. The van der Waals surface area contributed by atoms with E-state index in [1.165, 1.54) is 5.56 Å². The number of carbonyl (C=O) groups is 1. The van der Waals surface area contributed by atoms with Crippen molar-refractivity contribution in [3.63, 3.8) is 0 Å². The first-order valence-corrected chi connectivity index (χ1v) is 9.15. The summed E-state index contributed by atoms with van der Waals surface area (Å²) in [5.74, 6) is -0.339. The SMILES string of the molecule is CC(C)N(Cc1ccccc1)c1ccc(C(=O)Nc2ccccc2C#N)nc1. The van der Waals surface area contributed by atoms with Crippen molar-refractivity contribution in [2.24, 2.45) is 0 Å². The van der Waals surface area contributed by atoms with Crippen LogP contribution in [0.15, 0.2) is 72.9 Å². The Morgan fingerprint density at radius 2 is 1.79 bits per heavy atom. The van der Waals surface area contributed by atoms with Crippen LogP contribution in [0.4, 0.5) is 11.4 Å². The molecule has 0 saturated heterocycles. The fraction of sp³-hybridized carbons (Fsp3) is 0.174. The fourth-order valence-electron chi connectivity index (χ4n) is 2.92. The number of nitrogens with one attached hydrogen (secondary N) is 1. The number of carbonyl (C=O) groups excluding carboxylic acids is 1. The summed E-state index contributed by atoms with van der Waals surface area (Å²) in [6.45, 7) is 5.02. The molecule has 0 atom stereocenters. The van der Waals surface area contributed by atoms with E-state index >= 15 is 0 Å². The van der Waals surface area contributed by atoms with Gasteiger partial charge in [0.2, 0.25) is 0 Å². The highest BCUT2D eigenvalue weighted by Crippen LogP contribution is 2.20. The van der Waals surface area contributed by atoms with Crippen LogP contribution in [-0.2, 0) is 6.54 Å². The third-order valence-electron chi connectivity index (χ3n) is 4.43. The Morgan fingerprint density at radius 3 is 2.43 bits per heavy atom. The Kier molecular flexibility index (Phi) is 6.03. The minimum atomic E-state index is -0.339. The summed E-state index contributed by atoms with van der Waals surface area (Å²) in [7, 11) is 0. The molecule has 1 aromatic heterocycles. The van der Waals surface area contributed by atoms with E-state index in [2.05, 4.69) is 47.3 Å². The summed E-state index contributed by atoms with van der Waals surface area (Å²) in [4.78, 5) is 19.1. The molecule has 1 heterocycles. The molecule has 2 aromatic carbocycles. The van der Waals surface area contributed by atoms with Crippen LogP contribution in [0.1, 0.15) is 35.5 Å². The van der Waals surface area contributed by atoms with E-state index < -0.39 is 0 Å². The molecule has 0 spiro atoms. The number of pyridine rings is 1. The quantitative estimate of drug-likeness (QED) is 0.687. The topological polar surface area (TPSA) is 69.0 Å². The largest absolute Gasteiger partial charge is 0.364 e. The maximum absolute atomic E-state index is 12.5. The molecule has 140 valence electrons. The predicted octanol–water partition coefficient (Wildman–Crippen LogP) is 4.62. The number of aromatic nitrogens is 1. The van der Waals surface area contributed by atoms with Crippen molar-refractivity contribution in [2.45, 2.75) is 26.4 Å². The van der Waals surface area contributed by atoms with E-state index in [9.17, 15) is 4.79 Å². The third-order valence-corrected chi connectivity index (χ3v) is 4.43. The van der Waals surface area contributed by atoms with Crippen LogP contribution in [-0.4, -0.2) is 16.9 Å². The van der Waals surface area contributed by atoms with Gasteiger partial charge in [-0.3, -0.25) is 4.79 Å². The highest BCUT2D eigenvalue weighted by molar-refractivity contribution is 6.03. The van der Waals surface area contributed by atoms with Gasteiger partial charge in [0.25, 0.3) is 5.91 Å². The molecule has 0 bridgehead atoms. The molecule has 3 aromatic rings. The molecule has 5 heteroatoms. The lowest BCUT2D eigenvalue weighted by atomic mass is 10.1. The molecule has 0 unspecified atom stereocenters. The number of benzene rings is 2. The number of amides is 1. The maximum Gasteiger partial charge on any atom is 0.274 e. The van der Waals surface area contributed by atoms with Gasteiger partial charge in [0.15, 0.2) is 0 Å². The van der Waals surface area contributed by atoms with E-state index in [0.29, 0.717) is 16.9 Å². The Balaban J connectivity index is 1.76. The monoisotopic (exact) mass is 370 g/mol. The maximum atomic E-state index is 12.5. The van der Waals surface area contributed by atoms with Crippen LogP contribution in [0.2, 0.25) is 0 Å². The van der Waals surface area contributed by atoms with Crippen LogP contribution in [0, 0.1) is 11.3 Å². The average Bonchev–Trinajstić information content (AvgIpc) is 2.73. The summed E-state index contributed by atoms with van der Waals surface area (Å²) in [6, 6.07) is 23.1. The second kappa shape index (κ2) is 8.83. The first-order valence-electron chi connectivity index (χ1n) is 9.15. The highest BCUT2D eigenvalue weighted by atomic mass is 16.1. The normalized spacial score (nSPS) is 10.4. The molecule has 5 nitrogen and oxygen atoms in total. The van der Waals surface area contributed by atoms with Crippen molar-refractivity contribution in [1.29, 1.82) is 5.26 Å². The Bertz CT molecular complexity index is 975. The molecule has 0 aliphatic heterocycles. The standard InChI is InChI=1S/C23H22N4O/c1-17(2)27(16-18-8-4-3-5-9-18)20-12-13-22(25-15-20)23(28)26-21-11-7-6-10-19(21)14-24/h3-13,15,17H,16H2,1-2H3,(H,26,28). The second-order valence-corrected chi connectivity index (χ2v) is 6.72. The number of hydrogen-bond donors (Lipinski definition) is 1. The van der Waals surface area contributed by atoms with Crippen LogP contribution >= 0.6 is 0 Å². The van der Waals surface area contributed by atoms with Gasteiger partial charge in [-0.05, 0) is 43.7 Å². The number of anilines is 2. The molecular weight excluding hydrogens is 348 g/mol. The summed E-state index contributed by atoms with van der Waals surface area (Å²) >= 11 is 0. The van der Waals surface area contributed by atoms with Crippen molar-refractivity contribution in [1.82, 2.24) is 4.98 Å². The van der Waals surface area contributed by atoms with Gasteiger partial charge in [-0.25, -0.2) is 4.98 Å². The van der Waals surface area contributed by atoms with Crippen LogP contribution in [0.25, 0.3) is 0 Å². The molecule has 1 amide bonds. The molecule has 28 heavy (non-hydrogen) atoms. The molecule has 0 fully saturated rings. The molecule has 1 N–H and O–H groups in total. The molecule has 0 aliphatic rings. The van der Waals surface area contributed by atoms with E-state index in [1.54, 1.807) is 36.5 Å². The van der Waals surface area contributed by atoms with E-state index in [4.69, 9.17) is 5.26 Å². The van der Waals surface area contributed by atoms with Crippen molar-refractivity contribution in [2.75, 3.05) is 10.2 Å². The lowest BCUT2D eigenvalue weighted by molar-refractivity contribution is 0.102. The molecular formula is C23H22N4O. The lowest BCUT2D eigenvalue weighted by Crippen LogP contribution is -2.30. The van der Waals surface area contributed by atoms with Gasteiger partial charge < -0.3 is 10.2 Å². The molecule has 3 rings (SSSR count). The van der Waals surface area contributed by atoms with Crippen molar-refractivity contribution in [3.05, 3.63) is 89.7 Å². The van der Waals surface area contributed by atoms with Gasteiger partial charge in [0.05, 0.1) is 23.1 Å². The minimum Gasteiger partial charge on any atom is -0.364 e. The van der Waals surface area contributed by atoms with Crippen LogP contribution in [0.5, 0.6) is 0 Å².